The monoisotopic (exact) mass is 731 g/mol. The highest BCUT2D eigenvalue weighted by molar-refractivity contribution is 7.25. The maximum absolute atomic E-state index is 5.28. The molecule has 0 saturated carbocycles. The average Bonchev–Trinajstić information content (AvgIpc) is 3.81. The highest BCUT2D eigenvalue weighted by Gasteiger charge is 2.17. The van der Waals surface area contributed by atoms with Gasteiger partial charge in [-0.3, -0.25) is 0 Å². The van der Waals surface area contributed by atoms with Gasteiger partial charge >= 0.3 is 0 Å². The van der Waals surface area contributed by atoms with Gasteiger partial charge in [-0.25, -0.2) is 9.97 Å². The van der Waals surface area contributed by atoms with Crippen LogP contribution >= 0.6 is 11.3 Å². The van der Waals surface area contributed by atoms with Crippen molar-refractivity contribution in [3.8, 4) is 61.8 Å². The quantitative estimate of drug-likeness (QED) is 0.170. The van der Waals surface area contributed by atoms with Crippen molar-refractivity contribution >= 4 is 53.3 Å². The summed E-state index contributed by atoms with van der Waals surface area (Å²) in [7, 11) is 0. The Kier molecular flexibility index (Phi) is 7.68. The minimum atomic E-state index is 0.692. The second-order valence-corrected chi connectivity index (χ2v) is 15.3. The van der Waals surface area contributed by atoms with Crippen molar-refractivity contribution < 1.29 is 0 Å². The van der Waals surface area contributed by atoms with E-state index < -0.39 is 0 Å². The van der Waals surface area contributed by atoms with Crippen LogP contribution in [0.2, 0.25) is 0 Å². The first-order chi connectivity index (χ1) is 27.7. The van der Waals surface area contributed by atoms with Crippen molar-refractivity contribution in [1.82, 2.24) is 14.5 Å². The molecule has 4 heteroatoms. The first kappa shape index (κ1) is 32.3. The van der Waals surface area contributed by atoms with E-state index in [-0.39, 0.29) is 0 Å². The second-order valence-electron chi connectivity index (χ2n) is 14.2. The van der Waals surface area contributed by atoms with Gasteiger partial charge in [0.1, 0.15) is 0 Å². The van der Waals surface area contributed by atoms with Crippen molar-refractivity contribution in [2.75, 3.05) is 0 Å². The van der Waals surface area contributed by atoms with Crippen LogP contribution in [-0.4, -0.2) is 14.5 Å². The maximum atomic E-state index is 5.28. The molecule has 0 amide bonds. The van der Waals surface area contributed by atoms with Crippen LogP contribution < -0.4 is 0 Å². The summed E-state index contributed by atoms with van der Waals surface area (Å²) in [6, 6.07) is 71.5. The third-order valence-electron chi connectivity index (χ3n) is 10.8. The van der Waals surface area contributed by atoms with E-state index in [1.54, 1.807) is 0 Å². The number of hydrogen-bond donors (Lipinski definition) is 0. The highest BCUT2D eigenvalue weighted by atomic mass is 32.1. The Morgan fingerprint density at radius 1 is 0.321 bits per heavy atom. The molecular formula is C52H33N3S. The molecule has 56 heavy (non-hydrogen) atoms. The second kappa shape index (κ2) is 13.3. The Labute approximate surface area is 328 Å². The smallest absolute Gasteiger partial charge is 0.160 e. The molecule has 0 spiro atoms. The topological polar surface area (TPSA) is 30.7 Å². The Morgan fingerprint density at radius 2 is 0.875 bits per heavy atom. The third-order valence-corrected chi connectivity index (χ3v) is 12.0. The van der Waals surface area contributed by atoms with Crippen molar-refractivity contribution in [2.24, 2.45) is 0 Å². The molecule has 3 heterocycles. The molecule has 11 aromatic rings. The van der Waals surface area contributed by atoms with Gasteiger partial charge in [-0.15, -0.1) is 11.3 Å². The lowest BCUT2D eigenvalue weighted by molar-refractivity contribution is 1.17. The number of para-hydroxylation sites is 1. The number of nitrogens with zero attached hydrogens (tertiary/aromatic N) is 3. The summed E-state index contributed by atoms with van der Waals surface area (Å²) in [4.78, 5) is 10.5. The standard InChI is InChI=1S/C52H33N3S/c1-4-13-34(14-5-1)37-19-12-20-39(29-37)47-33-46(36-17-8-3-9-18-36)53-52(54-47)40-23-26-43-42-21-10-11-22-48(42)55(49(43)31-40)41-25-28-51-45(32-41)44-30-38(24-27-50(44)56-51)35-15-6-2-7-16-35/h1-33H. The fourth-order valence-corrected chi connectivity index (χ4v) is 9.14. The van der Waals surface area contributed by atoms with Gasteiger partial charge in [-0.1, -0.05) is 146 Å². The Balaban J connectivity index is 1.10. The summed E-state index contributed by atoms with van der Waals surface area (Å²) in [5, 5.41) is 4.96. The van der Waals surface area contributed by atoms with E-state index >= 15 is 0 Å². The molecule has 0 bridgehead atoms. The number of fused-ring (bicyclic) bond motifs is 6. The van der Waals surface area contributed by atoms with E-state index in [4.69, 9.17) is 9.97 Å². The van der Waals surface area contributed by atoms with Crippen molar-refractivity contribution in [2.45, 2.75) is 0 Å². The zero-order valence-electron chi connectivity index (χ0n) is 30.3. The molecule has 262 valence electrons. The first-order valence-electron chi connectivity index (χ1n) is 18.9. The van der Waals surface area contributed by atoms with Crippen LogP contribution in [-0.2, 0) is 0 Å². The van der Waals surface area contributed by atoms with Crippen molar-refractivity contribution in [1.29, 1.82) is 0 Å². The maximum Gasteiger partial charge on any atom is 0.160 e. The van der Waals surface area contributed by atoms with E-state index in [0.29, 0.717) is 5.82 Å². The predicted molar refractivity (Wildman–Crippen MR) is 236 cm³/mol. The number of aromatic nitrogens is 3. The minimum absolute atomic E-state index is 0.692. The molecule has 0 atom stereocenters. The van der Waals surface area contributed by atoms with Crippen LogP contribution in [0, 0.1) is 0 Å². The molecular weight excluding hydrogens is 699 g/mol. The van der Waals surface area contributed by atoms with Crippen LogP contribution in [0.25, 0.3) is 104 Å². The summed E-state index contributed by atoms with van der Waals surface area (Å²) >= 11 is 1.85. The minimum Gasteiger partial charge on any atom is -0.309 e. The van der Waals surface area contributed by atoms with E-state index in [9.17, 15) is 0 Å². The summed E-state index contributed by atoms with van der Waals surface area (Å²) in [6.45, 7) is 0. The molecule has 8 aromatic carbocycles. The number of thiophene rings is 1. The lowest BCUT2D eigenvalue weighted by Gasteiger charge is -2.12. The summed E-state index contributed by atoms with van der Waals surface area (Å²) < 4.78 is 4.98. The largest absolute Gasteiger partial charge is 0.309 e. The molecule has 0 fully saturated rings. The highest BCUT2D eigenvalue weighted by Crippen LogP contribution is 2.40. The molecule has 0 saturated heterocycles. The summed E-state index contributed by atoms with van der Waals surface area (Å²) in [5.74, 6) is 0.692. The van der Waals surface area contributed by atoms with Gasteiger partial charge in [0.2, 0.25) is 0 Å². The molecule has 0 radical (unpaired) electrons. The van der Waals surface area contributed by atoms with Gasteiger partial charge in [-0.2, -0.15) is 0 Å². The Bertz CT molecular complexity index is 3240. The number of hydrogen-bond acceptors (Lipinski definition) is 3. The molecule has 0 aliphatic rings. The van der Waals surface area contributed by atoms with Gasteiger partial charge in [0.25, 0.3) is 0 Å². The van der Waals surface area contributed by atoms with E-state index in [2.05, 4.69) is 199 Å². The normalized spacial score (nSPS) is 11.6. The lowest BCUT2D eigenvalue weighted by Crippen LogP contribution is -1.97. The van der Waals surface area contributed by atoms with E-state index in [1.807, 2.05) is 17.4 Å². The van der Waals surface area contributed by atoms with Gasteiger partial charge in [0, 0.05) is 53.3 Å². The summed E-state index contributed by atoms with van der Waals surface area (Å²) in [6.07, 6.45) is 0. The SMILES string of the molecule is c1ccc(-c2cccc(-c3cc(-c4ccccc4)nc(-c4ccc5c6ccccc6n(-c6ccc7sc8ccc(-c9ccccc9)cc8c7c6)c5c4)n3)c2)cc1. The molecule has 3 nitrogen and oxygen atoms in total. The molecule has 3 aromatic heterocycles. The zero-order chi connectivity index (χ0) is 37.0. The predicted octanol–water partition coefficient (Wildman–Crippen LogP) is 14.3. The first-order valence-corrected chi connectivity index (χ1v) is 19.7. The molecule has 11 rings (SSSR count). The van der Waals surface area contributed by atoms with E-state index in [1.165, 1.54) is 53.2 Å². The van der Waals surface area contributed by atoms with Crippen molar-refractivity contribution in [3.05, 3.63) is 200 Å². The third kappa shape index (κ3) is 5.58. The van der Waals surface area contributed by atoms with Gasteiger partial charge in [0.05, 0.1) is 22.4 Å². The Morgan fingerprint density at radius 3 is 1.62 bits per heavy atom. The molecule has 0 N–H and O–H groups in total. The average molecular weight is 732 g/mol. The van der Waals surface area contributed by atoms with Gasteiger partial charge < -0.3 is 4.57 Å². The molecule has 0 aliphatic carbocycles. The van der Waals surface area contributed by atoms with Gasteiger partial charge in [0.15, 0.2) is 5.82 Å². The van der Waals surface area contributed by atoms with Crippen LogP contribution in [0.4, 0.5) is 0 Å². The lowest BCUT2D eigenvalue weighted by atomic mass is 10.0. The molecule has 0 aliphatic heterocycles. The Hall–Kier alpha value is -7.14. The van der Waals surface area contributed by atoms with Crippen LogP contribution in [0.1, 0.15) is 0 Å². The van der Waals surface area contributed by atoms with Crippen LogP contribution in [0.15, 0.2) is 200 Å². The van der Waals surface area contributed by atoms with Gasteiger partial charge in [-0.05, 0) is 76.9 Å². The van der Waals surface area contributed by atoms with Crippen LogP contribution in [0.3, 0.4) is 0 Å². The van der Waals surface area contributed by atoms with Crippen LogP contribution in [0.5, 0.6) is 0 Å². The zero-order valence-corrected chi connectivity index (χ0v) is 31.1. The summed E-state index contributed by atoms with van der Waals surface area (Å²) in [5.41, 5.74) is 13.1. The van der Waals surface area contributed by atoms with Crippen molar-refractivity contribution in [3.63, 3.8) is 0 Å². The molecule has 0 unspecified atom stereocenters. The fraction of sp³-hybridized carbons (Fsp3) is 0. The number of rotatable bonds is 6. The number of benzene rings is 8. The van der Waals surface area contributed by atoms with E-state index in [0.717, 1.165) is 44.8 Å². The fourth-order valence-electron chi connectivity index (χ4n) is 8.07.